The first-order valence-electron chi connectivity index (χ1n) is 3.52. The van der Waals surface area contributed by atoms with Gasteiger partial charge in [0.2, 0.25) is 0 Å². The highest BCUT2D eigenvalue weighted by atomic mass is 16.5. The Balaban J connectivity index is 2.68. The van der Waals surface area contributed by atoms with E-state index in [1.807, 2.05) is 0 Å². The molecule has 0 fully saturated rings. The zero-order chi connectivity index (χ0) is 9.84. The van der Waals surface area contributed by atoms with E-state index >= 15 is 0 Å². The van der Waals surface area contributed by atoms with E-state index in [1.165, 1.54) is 18.2 Å². The van der Waals surface area contributed by atoms with E-state index < -0.39 is 6.09 Å². The Morgan fingerprint density at radius 3 is 2.62 bits per heavy atom. The maximum atomic E-state index is 10.2. The molecular formula is C8H9NO4. The zero-order valence-corrected chi connectivity index (χ0v) is 6.73. The standard InChI is InChI=1S/C8H9NO4/c9-8(12)13-4-5-1-2-6(10)7(11)3-5/h1-3,10-11H,4H2,(H2,9,12). The number of primary amides is 1. The minimum absolute atomic E-state index is 0.0246. The van der Waals surface area contributed by atoms with Crippen molar-refractivity contribution in [2.24, 2.45) is 5.73 Å². The molecule has 1 rings (SSSR count). The molecule has 0 spiro atoms. The van der Waals surface area contributed by atoms with Gasteiger partial charge in [0.1, 0.15) is 6.61 Å². The first-order chi connectivity index (χ1) is 6.09. The molecule has 13 heavy (non-hydrogen) atoms. The maximum Gasteiger partial charge on any atom is 0.404 e. The van der Waals surface area contributed by atoms with Gasteiger partial charge >= 0.3 is 6.09 Å². The Hall–Kier alpha value is -1.91. The van der Waals surface area contributed by atoms with Crippen molar-refractivity contribution in [3.8, 4) is 11.5 Å². The minimum Gasteiger partial charge on any atom is -0.504 e. The highest BCUT2D eigenvalue weighted by molar-refractivity contribution is 5.64. The van der Waals surface area contributed by atoms with Crippen molar-refractivity contribution >= 4 is 6.09 Å². The summed E-state index contributed by atoms with van der Waals surface area (Å²) in [6.07, 6.45) is -0.882. The molecule has 0 atom stereocenters. The number of rotatable bonds is 2. The van der Waals surface area contributed by atoms with Crippen molar-refractivity contribution in [3.05, 3.63) is 23.8 Å². The number of aromatic hydroxyl groups is 2. The SMILES string of the molecule is NC(=O)OCc1ccc(O)c(O)c1. The maximum absolute atomic E-state index is 10.2. The zero-order valence-electron chi connectivity index (χ0n) is 6.73. The molecule has 0 heterocycles. The second-order valence-electron chi connectivity index (χ2n) is 2.43. The lowest BCUT2D eigenvalue weighted by molar-refractivity contribution is 0.150. The predicted octanol–water partition coefficient (Wildman–Crippen LogP) is 0.693. The molecule has 0 saturated heterocycles. The van der Waals surface area contributed by atoms with Crippen molar-refractivity contribution in [3.63, 3.8) is 0 Å². The Labute approximate surface area is 74.4 Å². The third-order valence-electron chi connectivity index (χ3n) is 1.42. The van der Waals surface area contributed by atoms with Gasteiger partial charge in [-0.2, -0.15) is 0 Å². The minimum atomic E-state index is -0.882. The number of benzene rings is 1. The van der Waals surface area contributed by atoms with Gasteiger partial charge in [0.05, 0.1) is 0 Å². The molecule has 0 aliphatic carbocycles. The Bertz CT molecular complexity index is 324. The number of amides is 1. The summed E-state index contributed by atoms with van der Waals surface area (Å²) in [7, 11) is 0. The van der Waals surface area contributed by atoms with Crippen molar-refractivity contribution in [1.82, 2.24) is 0 Å². The fraction of sp³-hybridized carbons (Fsp3) is 0.125. The average molecular weight is 183 g/mol. The molecule has 0 aliphatic rings. The third-order valence-corrected chi connectivity index (χ3v) is 1.42. The van der Waals surface area contributed by atoms with E-state index in [-0.39, 0.29) is 18.1 Å². The Morgan fingerprint density at radius 1 is 1.38 bits per heavy atom. The second kappa shape index (κ2) is 3.66. The van der Waals surface area contributed by atoms with Crippen LogP contribution in [0, 0.1) is 0 Å². The van der Waals surface area contributed by atoms with Gasteiger partial charge in [0, 0.05) is 0 Å². The van der Waals surface area contributed by atoms with E-state index in [0.717, 1.165) is 0 Å². The molecule has 5 nitrogen and oxygen atoms in total. The number of carbonyl (C=O) groups is 1. The highest BCUT2D eigenvalue weighted by Crippen LogP contribution is 2.24. The summed E-state index contributed by atoms with van der Waals surface area (Å²) in [6, 6.07) is 4.10. The van der Waals surface area contributed by atoms with Crippen LogP contribution in [0.25, 0.3) is 0 Å². The Morgan fingerprint density at radius 2 is 2.08 bits per heavy atom. The Kier molecular flexibility index (Phi) is 2.59. The van der Waals surface area contributed by atoms with Gasteiger partial charge in [-0.05, 0) is 17.7 Å². The average Bonchev–Trinajstić information content (AvgIpc) is 2.07. The number of phenolic OH excluding ortho intramolecular Hbond substituents is 2. The molecule has 0 aliphatic heterocycles. The summed E-state index contributed by atoms with van der Waals surface area (Å²) in [4.78, 5) is 10.2. The van der Waals surface area contributed by atoms with E-state index in [9.17, 15) is 4.79 Å². The highest BCUT2D eigenvalue weighted by Gasteiger charge is 2.01. The fourth-order valence-corrected chi connectivity index (χ4v) is 0.813. The van der Waals surface area contributed by atoms with Gasteiger partial charge in [0.15, 0.2) is 11.5 Å². The van der Waals surface area contributed by atoms with Gasteiger partial charge in [-0.1, -0.05) is 6.07 Å². The number of phenols is 2. The van der Waals surface area contributed by atoms with Crippen LogP contribution in [-0.4, -0.2) is 16.3 Å². The fourth-order valence-electron chi connectivity index (χ4n) is 0.813. The largest absolute Gasteiger partial charge is 0.504 e. The van der Waals surface area contributed by atoms with Crippen LogP contribution in [0.4, 0.5) is 4.79 Å². The van der Waals surface area contributed by atoms with E-state index in [0.29, 0.717) is 5.56 Å². The van der Waals surface area contributed by atoms with E-state index in [2.05, 4.69) is 4.74 Å². The quantitative estimate of drug-likeness (QED) is 0.588. The van der Waals surface area contributed by atoms with Crippen molar-refractivity contribution in [1.29, 1.82) is 0 Å². The van der Waals surface area contributed by atoms with Crippen LogP contribution < -0.4 is 5.73 Å². The van der Waals surface area contributed by atoms with Crippen LogP contribution in [-0.2, 0) is 11.3 Å². The molecule has 0 saturated carbocycles. The number of hydrogen-bond donors (Lipinski definition) is 3. The first kappa shape index (κ1) is 9.18. The number of hydrogen-bond acceptors (Lipinski definition) is 4. The molecule has 0 radical (unpaired) electrons. The van der Waals surface area contributed by atoms with Gasteiger partial charge in [-0.15, -0.1) is 0 Å². The molecular weight excluding hydrogens is 174 g/mol. The summed E-state index contributed by atoms with van der Waals surface area (Å²) < 4.78 is 4.47. The molecule has 4 N–H and O–H groups in total. The lowest BCUT2D eigenvalue weighted by Gasteiger charge is -2.03. The predicted molar refractivity (Wildman–Crippen MR) is 44.1 cm³/mol. The molecule has 5 heteroatoms. The lowest BCUT2D eigenvalue weighted by Crippen LogP contribution is -2.12. The topological polar surface area (TPSA) is 92.8 Å². The van der Waals surface area contributed by atoms with Gasteiger partial charge in [-0.3, -0.25) is 0 Å². The summed E-state index contributed by atoms with van der Waals surface area (Å²) in [6.45, 7) is -0.0246. The summed E-state index contributed by atoms with van der Waals surface area (Å²) in [5, 5.41) is 18.0. The van der Waals surface area contributed by atoms with E-state index in [1.54, 1.807) is 0 Å². The number of nitrogens with two attached hydrogens (primary N) is 1. The molecule has 0 bridgehead atoms. The first-order valence-corrected chi connectivity index (χ1v) is 3.52. The summed E-state index contributed by atoms with van der Waals surface area (Å²) in [5.41, 5.74) is 5.29. The lowest BCUT2D eigenvalue weighted by atomic mass is 10.2. The molecule has 1 aromatic carbocycles. The molecule has 1 amide bonds. The smallest absolute Gasteiger partial charge is 0.404 e. The van der Waals surface area contributed by atoms with Crippen LogP contribution in [0.3, 0.4) is 0 Å². The number of ether oxygens (including phenoxy) is 1. The molecule has 0 aromatic heterocycles. The van der Waals surface area contributed by atoms with Crippen LogP contribution in [0.15, 0.2) is 18.2 Å². The monoisotopic (exact) mass is 183 g/mol. The van der Waals surface area contributed by atoms with Crippen LogP contribution >= 0.6 is 0 Å². The molecule has 70 valence electrons. The van der Waals surface area contributed by atoms with Crippen LogP contribution in [0.5, 0.6) is 11.5 Å². The van der Waals surface area contributed by atoms with Crippen LogP contribution in [0.1, 0.15) is 5.56 Å². The summed E-state index contributed by atoms with van der Waals surface area (Å²) in [5.74, 6) is -0.478. The van der Waals surface area contributed by atoms with Crippen molar-refractivity contribution < 1.29 is 19.7 Å². The van der Waals surface area contributed by atoms with Gasteiger partial charge in [0.25, 0.3) is 0 Å². The number of carbonyl (C=O) groups excluding carboxylic acids is 1. The second-order valence-corrected chi connectivity index (χ2v) is 2.43. The normalized spacial score (nSPS) is 9.54. The summed E-state index contributed by atoms with van der Waals surface area (Å²) >= 11 is 0. The van der Waals surface area contributed by atoms with Gasteiger partial charge < -0.3 is 20.7 Å². The van der Waals surface area contributed by atoms with Crippen molar-refractivity contribution in [2.75, 3.05) is 0 Å². The van der Waals surface area contributed by atoms with Gasteiger partial charge in [-0.25, -0.2) is 4.79 Å². The van der Waals surface area contributed by atoms with E-state index in [4.69, 9.17) is 15.9 Å². The van der Waals surface area contributed by atoms with Crippen LogP contribution in [0.2, 0.25) is 0 Å². The third kappa shape index (κ3) is 2.55. The molecule has 0 unspecified atom stereocenters. The molecule has 1 aromatic rings. The van der Waals surface area contributed by atoms with Crippen molar-refractivity contribution in [2.45, 2.75) is 6.61 Å².